The van der Waals surface area contributed by atoms with Gasteiger partial charge in [0.2, 0.25) is 11.6 Å². The molecule has 0 unspecified atom stereocenters. The van der Waals surface area contributed by atoms with Crippen LogP contribution in [0.1, 0.15) is 27.9 Å². The first-order valence-corrected chi connectivity index (χ1v) is 5.17. The third-order valence-electron chi connectivity index (χ3n) is 2.42. The molecule has 1 aromatic rings. The van der Waals surface area contributed by atoms with Gasteiger partial charge in [0.05, 0.1) is 7.11 Å². The lowest BCUT2D eigenvalue weighted by atomic mass is 9.98. The van der Waals surface area contributed by atoms with Crippen molar-refractivity contribution in [3.8, 4) is 0 Å². The molecule has 90 valence electrons. The summed E-state index contributed by atoms with van der Waals surface area (Å²) in [4.78, 5) is 34.3. The van der Waals surface area contributed by atoms with Crippen LogP contribution in [0.25, 0.3) is 0 Å². The number of methoxy groups -OCH3 is 1. The zero-order valence-corrected chi connectivity index (χ0v) is 10.1. The largest absolute Gasteiger partial charge is 0.469 e. The average Bonchev–Trinajstić information content (AvgIpc) is 2.31. The Kier molecular flexibility index (Phi) is 4.15. The number of carbonyl (C=O) groups excluding carboxylic acids is 3. The smallest absolute Gasteiger partial charge is 0.313 e. The van der Waals surface area contributed by atoms with Crippen molar-refractivity contribution in [1.82, 2.24) is 0 Å². The van der Waals surface area contributed by atoms with Crippen LogP contribution in [-0.2, 0) is 14.3 Å². The number of carbonyl (C=O) groups is 3. The Morgan fingerprint density at radius 1 is 1.18 bits per heavy atom. The van der Waals surface area contributed by atoms with Gasteiger partial charge in [0.25, 0.3) is 0 Å². The minimum atomic E-state index is -0.745. The molecule has 0 spiro atoms. The maximum Gasteiger partial charge on any atom is 0.313 e. The van der Waals surface area contributed by atoms with Crippen molar-refractivity contribution in [3.05, 3.63) is 34.9 Å². The van der Waals surface area contributed by atoms with Crippen LogP contribution in [-0.4, -0.2) is 24.6 Å². The van der Waals surface area contributed by atoms with Crippen molar-refractivity contribution in [3.63, 3.8) is 0 Å². The minimum absolute atomic E-state index is 0.346. The molecule has 0 aliphatic rings. The van der Waals surface area contributed by atoms with Crippen molar-refractivity contribution in [2.24, 2.45) is 0 Å². The van der Waals surface area contributed by atoms with E-state index < -0.39 is 24.0 Å². The molecule has 0 aliphatic carbocycles. The van der Waals surface area contributed by atoms with Crippen molar-refractivity contribution < 1.29 is 19.1 Å². The standard InChI is InChI=1S/C13H14O4/c1-8-4-5-9(2)10(6-8)13(16)11(14)7-12(15)17-3/h4-6H,7H2,1-3H3. The van der Waals surface area contributed by atoms with E-state index in [2.05, 4.69) is 4.74 Å². The van der Waals surface area contributed by atoms with E-state index in [0.717, 1.165) is 11.1 Å². The molecule has 0 aliphatic heterocycles. The van der Waals surface area contributed by atoms with Gasteiger partial charge < -0.3 is 4.74 Å². The summed E-state index contributed by atoms with van der Waals surface area (Å²) in [6.07, 6.45) is -0.511. The van der Waals surface area contributed by atoms with Crippen LogP contribution in [0.4, 0.5) is 0 Å². The molecule has 0 atom stereocenters. The van der Waals surface area contributed by atoms with Gasteiger partial charge in [-0.05, 0) is 25.5 Å². The van der Waals surface area contributed by atoms with Crippen LogP contribution >= 0.6 is 0 Å². The number of esters is 1. The quantitative estimate of drug-likeness (QED) is 0.344. The molecular weight excluding hydrogens is 220 g/mol. The van der Waals surface area contributed by atoms with Gasteiger partial charge in [0.1, 0.15) is 6.42 Å². The van der Waals surface area contributed by atoms with Crippen LogP contribution in [0, 0.1) is 13.8 Å². The molecule has 17 heavy (non-hydrogen) atoms. The number of Topliss-reactive ketones (excluding diaryl/α,β-unsaturated/α-hetero) is 2. The number of hydrogen-bond donors (Lipinski definition) is 0. The Hall–Kier alpha value is -1.97. The first-order chi connectivity index (χ1) is 7.95. The maximum atomic E-state index is 11.8. The van der Waals surface area contributed by atoms with E-state index in [1.54, 1.807) is 19.1 Å². The van der Waals surface area contributed by atoms with Crippen molar-refractivity contribution in [2.75, 3.05) is 7.11 Å². The summed E-state index contributed by atoms with van der Waals surface area (Å²) in [7, 11) is 1.18. The molecule has 0 amide bonds. The highest BCUT2D eigenvalue weighted by Crippen LogP contribution is 2.12. The molecule has 0 saturated carbocycles. The van der Waals surface area contributed by atoms with E-state index in [4.69, 9.17) is 0 Å². The third kappa shape index (κ3) is 3.24. The minimum Gasteiger partial charge on any atom is -0.469 e. The second-order valence-corrected chi connectivity index (χ2v) is 3.82. The molecule has 0 bridgehead atoms. The summed E-state index contributed by atoms with van der Waals surface area (Å²) in [5.41, 5.74) is 1.96. The fraction of sp³-hybridized carbons (Fsp3) is 0.308. The number of hydrogen-bond acceptors (Lipinski definition) is 4. The Labute approximate surface area is 99.6 Å². The Balaban J connectivity index is 2.93. The fourth-order valence-corrected chi connectivity index (χ4v) is 1.41. The molecule has 4 nitrogen and oxygen atoms in total. The second kappa shape index (κ2) is 5.39. The van der Waals surface area contributed by atoms with E-state index in [1.165, 1.54) is 7.11 Å². The summed E-state index contributed by atoms with van der Waals surface area (Å²) in [6, 6.07) is 5.28. The number of rotatable bonds is 4. The zero-order chi connectivity index (χ0) is 13.0. The molecule has 0 fully saturated rings. The lowest BCUT2D eigenvalue weighted by molar-refractivity contribution is -0.142. The van der Waals surface area contributed by atoms with Gasteiger partial charge in [-0.15, -0.1) is 0 Å². The first-order valence-electron chi connectivity index (χ1n) is 5.17. The lowest BCUT2D eigenvalue weighted by Crippen LogP contribution is -2.19. The summed E-state index contributed by atoms with van der Waals surface area (Å²) in [5.74, 6) is -2.09. The molecule has 0 heterocycles. The summed E-state index contributed by atoms with van der Waals surface area (Å²) >= 11 is 0. The van der Waals surface area contributed by atoms with E-state index in [9.17, 15) is 14.4 Å². The molecular formula is C13H14O4. The first kappa shape index (κ1) is 13.1. The van der Waals surface area contributed by atoms with E-state index in [1.807, 2.05) is 13.0 Å². The summed E-state index contributed by atoms with van der Waals surface area (Å²) in [5, 5.41) is 0. The molecule has 0 saturated heterocycles. The van der Waals surface area contributed by atoms with E-state index >= 15 is 0 Å². The Bertz CT molecular complexity index is 474. The zero-order valence-electron chi connectivity index (χ0n) is 10.1. The average molecular weight is 234 g/mol. The molecule has 0 aromatic heterocycles. The Morgan fingerprint density at radius 3 is 2.41 bits per heavy atom. The molecule has 4 heteroatoms. The number of aryl methyl sites for hydroxylation is 2. The monoisotopic (exact) mass is 234 g/mol. The van der Waals surface area contributed by atoms with Crippen LogP contribution < -0.4 is 0 Å². The summed E-state index contributed by atoms with van der Waals surface area (Å²) < 4.78 is 4.35. The van der Waals surface area contributed by atoms with Crippen LogP contribution in [0.2, 0.25) is 0 Å². The van der Waals surface area contributed by atoms with E-state index in [0.29, 0.717) is 5.56 Å². The molecule has 1 rings (SSSR count). The van der Waals surface area contributed by atoms with Crippen molar-refractivity contribution in [1.29, 1.82) is 0 Å². The normalized spacial score (nSPS) is 9.82. The van der Waals surface area contributed by atoms with E-state index in [-0.39, 0.29) is 0 Å². The Morgan fingerprint density at radius 2 is 1.82 bits per heavy atom. The predicted octanol–water partition coefficient (Wildman–Crippen LogP) is 1.62. The van der Waals surface area contributed by atoms with Gasteiger partial charge in [-0.2, -0.15) is 0 Å². The van der Waals surface area contributed by atoms with Gasteiger partial charge in [0, 0.05) is 5.56 Å². The predicted molar refractivity (Wildman–Crippen MR) is 61.9 cm³/mol. The van der Waals surface area contributed by atoms with Crippen LogP contribution in [0.3, 0.4) is 0 Å². The highest BCUT2D eigenvalue weighted by atomic mass is 16.5. The maximum absolute atomic E-state index is 11.8. The van der Waals surface area contributed by atoms with Crippen molar-refractivity contribution >= 4 is 17.5 Å². The molecule has 0 radical (unpaired) electrons. The van der Waals surface area contributed by atoms with Crippen molar-refractivity contribution in [2.45, 2.75) is 20.3 Å². The summed E-state index contributed by atoms with van der Waals surface area (Å²) in [6.45, 7) is 3.58. The number of ketones is 2. The highest BCUT2D eigenvalue weighted by molar-refractivity contribution is 6.46. The SMILES string of the molecule is COC(=O)CC(=O)C(=O)c1cc(C)ccc1C. The van der Waals surface area contributed by atoms with Gasteiger partial charge in [-0.25, -0.2) is 0 Å². The second-order valence-electron chi connectivity index (χ2n) is 3.82. The van der Waals surface area contributed by atoms with Gasteiger partial charge in [-0.3, -0.25) is 14.4 Å². The number of ether oxygens (including phenoxy) is 1. The molecule has 1 aromatic carbocycles. The third-order valence-corrected chi connectivity index (χ3v) is 2.42. The van der Waals surface area contributed by atoms with Gasteiger partial charge in [0.15, 0.2) is 0 Å². The number of benzene rings is 1. The highest BCUT2D eigenvalue weighted by Gasteiger charge is 2.21. The van der Waals surface area contributed by atoms with Crippen LogP contribution in [0.15, 0.2) is 18.2 Å². The molecule has 0 N–H and O–H groups in total. The van der Waals surface area contributed by atoms with Crippen LogP contribution in [0.5, 0.6) is 0 Å². The van der Waals surface area contributed by atoms with Gasteiger partial charge in [-0.1, -0.05) is 17.7 Å². The van der Waals surface area contributed by atoms with Gasteiger partial charge >= 0.3 is 5.97 Å². The lowest BCUT2D eigenvalue weighted by Gasteiger charge is -2.05. The topological polar surface area (TPSA) is 60.4 Å². The fourth-order valence-electron chi connectivity index (χ4n) is 1.41.